The number of hydrogen-bond acceptors (Lipinski definition) is 5. The van der Waals surface area contributed by atoms with Crippen molar-refractivity contribution in [2.75, 3.05) is 20.2 Å². The van der Waals surface area contributed by atoms with Gasteiger partial charge >= 0.3 is 6.18 Å². The molecule has 136 valence electrons. The standard InChI is InChI=1S/C16H17F3N2O3S/c1-9-13(20-24-14(9)16(17,18)19)11-3-4-12(25-11)15(22)21-7-5-10(23-2)6-8-21/h3-4,10H,5-8H2,1-2H3. The first-order chi connectivity index (χ1) is 11.8. The molecule has 0 unspecified atom stereocenters. The Morgan fingerprint density at radius 3 is 2.60 bits per heavy atom. The van der Waals surface area contributed by atoms with E-state index in [1.807, 2.05) is 0 Å². The Balaban J connectivity index is 1.77. The van der Waals surface area contributed by atoms with Gasteiger partial charge in [-0.15, -0.1) is 11.3 Å². The third kappa shape index (κ3) is 3.57. The summed E-state index contributed by atoms with van der Waals surface area (Å²) in [5, 5.41) is 3.53. The third-order valence-corrected chi connectivity index (χ3v) is 5.37. The lowest BCUT2D eigenvalue weighted by molar-refractivity contribution is -0.156. The van der Waals surface area contributed by atoms with Crippen molar-refractivity contribution in [2.24, 2.45) is 0 Å². The molecule has 3 rings (SSSR count). The average Bonchev–Trinajstić information content (AvgIpc) is 3.20. The number of piperidine rings is 1. The van der Waals surface area contributed by atoms with Crippen LogP contribution in [0.4, 0.5) is 13.2 Å². The molecule has 0 atom stereocenters. The number of amides is 1. The number of methoxy groups -OCH3 is 1. The van der Waals surface area contributed by atoms with Crippen molar-refractivity contribution in [3.05, 3.63) is 28.3 Å². The molecule has 1 amide bonds. The number of ether oxygens (including phenoxy) is 1. The zero-order valence-electron chi connectivity index (χ0n) is 13.7. The van der Waals surface area contributed by atoms with Crippen LogP contribution in [0.15, 0.2) is 16.7 Å². The summed E-state index contributed by atoms with van der Waals surface area (Å²) in [6, 6.07) is 3.22. The summed E-state index contributed by atoms with van der Waals surface area (Å²) in [6.45, 7) is 2.52. The smallest absolute Gasteiger partial charge is 0.381 e. The Labute approximate surface area is 146 Å². The first kappa shape index (κ1) is 17.9. The lowest BCUT2D eigenvalue weighted by atomic mass is 10.1. The molecule has 2 aromatic heterocycles. The van der Waals surface area contributed by atoms with Crippen LogP contribution in [0.1, 0.15) is 33.8 Å². The highest BCUT2D eigenvalue weighted by Gasteiger charge is 2.39. The van der Waals surface area contributed by atoms with Gasteiger partial charge in [0, 0.05) is 25.8 Å². The lowest BCUT2D eigenvalue weighted by Crippen LogP contribution is -2.40. The molecule has 1 aliphatic rings. The van der Waals surface area contributed by atoms with Crippen molar-refractivity contribution in [1.29, 1.82) is 0 Å². The molecule has 1 aliphatic heterocycles. The Kier molecular flexibility index (Phi) is 4.88. The zero-order valence-corrected chi connectivity index (χ0v) is 14.5. The van der Waals surface area contributed by atoms with Crippen molar-refractivity contribution in [1.82, 2.24) is 10.1 Å². The van der Waals surface area contributed by atoms with Gasteiger partial charge < -0.3 is 14.2 Å². The van der Waals surface area contributed by atoms with Crippen molar-refractivity contribution >= 4 is 17.2 Å². The number of carbonyl (C=O) groups is 1. The number of nitrogens with zero attached hydrogens (tertiary/aromatic N) is 2. The minimum Gasteiger partial charge on any atom is -0.381 e. The number of rotatable bonds is 3. The monoisotopic (exact) mass is 374 g/mol. The topological polar surface area (TPSA) is 55.6 Å². The average molecular weight is 374 g/mol. The normalized spacial score (nSPS) is 16.4. The first-order valence-electron chi connectivity index (χ1n) is 7.77. The van der Waals surface area contributed by atoms with Crippen LogP contribution in [0.25, 0.3) is 10.6 Å². The fourth-order valence-corrected chi connectivity index (χ4v) is 3.87. The van der Waals surface area contributed by atoms with Crippen molar-refractivity contribution in [3.8, 4) is 10.6 Å². The highest BCUT2D eigenvalue weighted by Crippen LogP contribution is 2.38. The molecule has 0 spiro atoms. The van der Waals surface area contributed by atoms with Crippen LogP contribution in [0.3, 0.4) is 0 Å². The Bertz CT molecular complexity index is 761. The van der Waals surface area contributed by atoms with E-state index in [-0.39, 0.29) is 23.3 Å². The van der Waals surface area contributed by atoms with Crippen LogP contribution in [-0.2, 0) is 10.9 Å². The number of alkyl halides is 3. The van der Waals surface area contributed by atoms with Crippen LogP contribution < -0.4 is 0 Å². The fourth-order valence-electron chi connectivity index (χ4n) is 2.86. The number of hydrogen-bond donors (Lipinski definition) is 0. The summed E-state index contributed by atoms with van der Waals surface area (Å²) in [4.78, 5) is 15.3. The van der Waals surface area contributed by atoms with E-state index < -0.39 is 11.9 Å². The maximum Gasteiger partial charge on any atom is 0.452 e. The highest BCUT2D eigenvalue weighted by molar-refractivity contribution is 7.17. The van der Waals surface area contributed by atoms with Gasteiger partial charge in [-0.05, 0) is 31.9 Å². The van der Waals surface area contributed by atoms with Crippen molar-refractivity contribution in [2.45, 2.75) is 32.0 Å². The van der Waals surface area contributed by atoms with Gasteiger partial charge in [0.2, 0.25) is 5.76 Å². The van der Waals surface area contributed by atoms with Gasteiger partial charge in [0.25, 0.3) is 5.91 Å². The van der Waals surface area contributed by atoms with E-state index in [2.05, 4.69) is 9.68 Å². The molecular formula is C16H17F3N2O3S. The van der Waals surface area contributed by atoms with E-state index in [0.29, 0.717) is 22.8 Å². The Morgan fingerprint density at radius 1 is 1.36 bits per heavy atom. The minimum absolute atomic E-state index is 0.0748. The van der Waals surface area contributed by atoms with Gasteiger partial charge in [-0.1, -0.05) is 5.16 Å². The number of carbonyl (C=O) groups excluding carboxylic acids is 1. The zero-order chi connectivity index (χ0) is 18.2. The number of thiophene rings is 1. The minimum atomic E-state index is -4.59. The molecule has 1 saturated heterocycles. The molecule has 0 N–H and O–H groups in total. The molecule has 5 nitrogen and oxygen atoms in total. The first-order valence-corrected chi connectivity index (χ1v) is 8.58. The van der Waals surface area contributed by atoms with Crippen LogP contribution >= 0.6 is 11.3 Å². The van der Waals surface area contributed by atoms with Gasteiger partial charge in [-0.3, -0.25) is 4.79 Å². The second kappa shape index (κ2) is 6.80. The molecule has 0 bridgehead atoms. The summed E-state index contributed by atoms with van der Waals surface area (Å²) in [7, 11) is 1.66. The van der Waals surface area contributed by atoms with E-state index in [9.17, 15) is 18.0 Å². The molecular weight excluding hydrogens is 357 g/mol. The maximum absolute atomic E-state index is 12.8. The fraction of sp³-hybridized carbons (Fsp3) is 0.500. The number of aromatic nitrogens is 1. The van der Waals surface area contributed by atoms with Crippen molar-refractivity contribution in [3.63, 3.8) is 0 Å². The number of likely N-dealkylation sites (tertiary alicyclic amines) is 1. The SMILES string of the molecule is COC1CCN(C(=O)c2ccc(-c3noc(C(F)(F)F)c3C)s2)CC1. The Hall–Kier alpha value is -1.87. The van der Waals surface area contributed by atoms with Gasteiger partial charge in [0.1, 0.15) is 5.69 Å². The molecule has 0 aromatic carbocycles. The predicted octanol–water partition coefficient (Wildman–Crippen LogP) is 3.98. The Morgan fingerprint density at radius 2 is 2.04 bits per heavy atom. The second-order valence-electron chi connectivity index (χ2n) is 5.87. The van der Waals surface area contributed by atoms with Crippen LogP contribution in [0.5, 0.6) is 0 Å². The molecule has 25 heavy (non-hydrogen) atoms. The summed E-state index contributed by atoms with van der Waals surface area (Å²) >= 11 is 1.12. The summed E-state index contributed by atoms with van der Waals surface area (Å²) in [5.41, 5.74) is 0.0451. The largest absolute Gasteiger partial charge is 0.452 e. The van der Waals surface area contributed by atoms with Gasteiger partial charge in [0.05, 0.1) is 15.9 Å². The highest BCUT2D eigenvalue weighted by atomic mass is 32.1. The maximum atomic E-state index is 12.8. The molecule has 0 radical (unpaired) electrons. The summed E-state index contributed by atoms with van der Waals surface area (Å²) < 4.78 is 48.2. The van der Waals surface area contributed by atoms with E-state index in [1.165, 1.54) is 6.92 Å². The van der Waals surface area contributed by atoms with E-state index in [1.54, 1.807) is 24.1 Å². The van der Waals surface area contributed by atoms with Crippen molar-refractivity contribution < 1.29 is 27.2 Å². The van der Waals surface area contributed by atoms with E-state index >= 15 is 0 Å². The molecule has 3 heterocycles. The molecule has 0 aliphatic carbocycles. The predicted molar refractivity (Wildman–Crippen MR) is 85.5 cm³/mol. The number of halogens is 3. The van der Waals surface area contributed by atoms with E-state index in [4.69, 9.17) is 4.74 Å². The summed E-state index contributed by atoms with van der Waals surface area (Å²) in [6.07, 6.45) is -2.87. The summed E-state index contributed by atoms with van der Waals surface area (Å²) in [5.74, 6) is -1.23. The molecule has 0 saturated carbocycles. The lowest BCUT2D eigenvalue weighted by Gasteiger charge is -2.30. The van der Waals surface area contributed by atoms with Crippen LogP contribution in [0, 0.1) is 6.92 Å². The quantitative estimate of drug-likeness (QED) is 0.815. The van der Waals surface area contributed by atoms with Gasteiger partial charge in [-0.25, -0.2) is 0 Å². The van der Waals surface area contributed by atoms with E-state index in [0.717, 1.165) is 24.2 Å². The van der Waals surface area contributed by atoms with Gasteiger partial charge in [-0.2, -0.15) is 13.2 Å². The van der Waals surface area contributed by atoms with Gasteiger partial charge in [0.15, 0.2) is 0 Å². The molecule has 9 heteroatoms. The molecule has 2 aromatic rings. The van der Waals surface area contributed by atoms with Crippen LogP contribution in [-0.4, -0.2) is 42.3 Å². The third-order valence-electron chi connectivity index (χ3n) is 4.29. The van der Waals surface area contributed by atoms with Crippen LogP contribution in [0.2, 0.25) is 0 Å². The molecule has 1 fully saturated rings. The second-order valence-corrected chi connectivity index (χ2v) is 6.96.